The Balaban J connectivity index is 1.20. The average Bonchev–Trinajstić information content (AvgIpc) is 3.73. The van der Waals surface area contributed by atoms with Crippen molar-refractivity contribution in [2.75, 3.05) is 26.2 Å². The van der Waals surface area contributed by atoms with Gasteiger partial charge in [-0.3, -0.25) is 29.9 Å². The van der Waals surface area contributed by atoms with Gasteiger partial charge in [0.25, 0.3) is 0 Å². The molecule has 6 aromatic heterocycles. The van der Waals surface area contributed by atoms with Crippen LogP contribution in [0.15, 0.2) is 73.7 Å². The predicted molar refractivity (Wildman–Crippen MR) is 147 cm³/mol. The molecule has 0 aromatic carbocycles. The number of ether oxygens (including phenoxy) is 1. The molecule has 0 atom stereocenters. The summed E-state index contributed by atoms with van der Waals surface area (Å²) in [6.07, 6.45) is 15.3. The number of H-pyrrole nitrogens is 2. The third-order valence-electron chi connectivity index (χ3n) is 7.12. The first-order valence-corrected chi connectivity index (χ1v) is 12.8. The van der Waals surface area contributed by atoms with E-state index in [1.165, 1.54) is 12.8 Å². The van der Waals surface area contributed by atoms with Crippen molar-refractivity contribution in [1.82, 2.24) is 40.0 Å². The smallest absolute Gasteiger partial charge is 0.138 e. The number of fused-ring (bicyclic) bond motifs is 2. The second-order valence-corrected chi connectivity index (χ2v) is 9.56. The molecule has 9 nitrogen and oxygen atoms in total. The summed E-state index contributed by atoms with van der Waals surface area (Å²) in [5.41, 5.74) is 7.37. The van der Waals surface area contributed by atoms with E-state index in [1.54, 1.807) is 18.6 Å². The van der Waals surface area contributed by atoms with Gasteiger partial charge in [0.05, 0.1) is 41.0 Å². The SMILES string of the molecule is c1cc(-c2cncc3[nH]c(-c4n[nH]c5cnc(-c6cncc(OCCN7CCCC7)c6)cc45)cc23)ccn1. The van der Waals surface area contributed by atoms with Gasteiger partial charge < -0.3 is 9.72 Å². The highest BCUT2D eigenvalue weighted by Crippen LogP contribution is 2.34. The van der Waals surface area contributed by atoms with Crippen molar-refractivity contribution >= 4 is 21.8 Å². The number of nitrogens with zero attached hydrogens (tertiary/aromatic N) is 6. The zero-order valence-electron chi connectivity index (χ0n) is 20.8. The second-order valence-electron chi connectivity index (χ2n) is 9.56. The summed E-state index contributed by atoms with van der Waals surface area (Å²) in [6.45, 7) is 3.92. The van der Waals surface area contributed by atoms with Crippen molar-refractivity contribution in [2.24, 2.45) is 0 Å². The van der Waals surface area contributed by atoms with E-state index in [9.17, 15) is 0 Å². The molecule has 0 spiro atoms. The largest absolute Gasteiger partial charge is 0.491 e. The van der Waals surface area contributed by atoms with E-state index < -0.39 is 0 Å². The van der Waals surface area contributed by atoms with Crippen LogP contribution in [0.25, 0.3) is 55.6 Å². The zero-order chi connectivity index (χ0) is 25.3. The number of rotatable bonds is 7. The molecule has 2 N–H and O–H groups in total. The summed E-state index contributed by atoms with van der Waals surface area (Å²) < 4.78 is 6.01. The summed E-state index contributed by atoms with van der Waals surface area (Å²) in [4.78, 5) is 23.6. The Morgan fingerprint density at radius 2 is 1.68 bits per heavy atom. The van der Waals surface area contributed by atoms with Gasteiger partial charge in [-0.2, -0.15) is 5.10 Å². The Bertz CT molecular complexity index is 1720. The molecule has 1 fully saturated rings. The first-order valence-electron chi connectivity index (χ1n) is 12.8. The fraction of sp³-hybridized carbons (Fsp3) is 0.207. The normalized spacial score (nSPS) is 14.0. The molecular formula is C29H26N8O. The maximum atomic E-state index is 6.01. The number of likely N-dealkylation sites (tertiary alicyclic amines) is 1. The Labute approximate surface area is 219 Å². The fourth-order valence-corrected chi connectivity index (χ4v) is 5.16. The highest BCUT2D eigenvalue weighted by Gasteiger charge is 2.16. The standard InChI is InChI=1S/C29H26N8O/c1-2-8-37(7-1)9-10-38-21-11-20(14-31-15-21)25-13-23-28(18-33-25)35-36-29(23)26-12-22-24(16-32-17-27(22)34-26)19-3-5-30-6-4-19/h3-6,11-18,34H,1-2,7-10H2,(H,35,36). The highest BCUT2D eigenvalue weighted by atomic mass is 16.5. The van der Waals surface area contributed by atoms with Crippen LogP contribution in [0.1, 0.15) is 12.8 Å². The van der Waals surface area contributed by atoms with Crippen LogP contribution in [0.2, 0.25) is 0 Å². The molecule has 6 aromatic rings. The molecule has 1 aliphatic heterocycles. The monoisotopic (exact) mass is 502 g/mol. The number of nitrogens with one attached hydrogen (secondary N) is 2. The Morgan fingerprint density at radius 1 is 0.816 bits per heavy atom. The van der Waals surface area contributed by atoms with Crippen molar-refractivity contribution in [3.8, 4) is 39.5 Å². The van der Waals surface area contributed by atoms with E-state index in [0.717, 1.165) is 81.0 Å². The van der Waals surface area contributed by atoms with E-state index in [0.29, 0.717) is 6.61 Å². The summed E-state index contributed by atoms with van der Waals surface area (Å²) >= 11 is 0. The lowest BCUT2D eigenvalue weighted by Gasteiger charge is -2.15. The number of hydrogen-bond donors (Lipinski definition) is 2. The second kappa shape index (κ2) is 9.68. The average molecular weight is 503 g/mol. The lowest BCUT2D eigenvalue weighted by molar-refractivity contribution is 0.237. The van der Waals surface area contributed by atoms with Crippen LogP contribution >= 0.6 is 0 Å². The zero-order valence-corrected chi connectivity index (χ0v) is 20.8. The van der Waals surface area contributed by atoms with E-state index in [1.807, 2.05) is 49.1 Å². The summed E-state index contributed by atoms with van der Waals surface area (Å²) in [7, 11) is 0. The van der Waals surface area contributed by atoms with Crippen molar-refractivity contribution in [3.05, 3.63) is 73.7 Å². The van der Waals surface area contributed by atoms with Gasteiger partial charge in [0.2, 0.25) is 0 Å². The van der Waals surface area contributed by atoms with E-state index in [4.69, 9.17) is 4.74 Å². The highest BCUT2D eigenvalue weighted by molar-refractivity contribution is 6.01. The molecule has 0 amide bonds. The molecule has 0 unspecified atom stereocenters. The molecule has 0 radical (unpaired) electrons. The van der Waals surface area contributed by atoms with Gasteiger partial charge in [-0.25, -0.2) is 0 Å². The summed E-state index contributed by atoms with van der Waals surface area (Å²) in [6, 6.07) is 10.2. The van der Waals surface area contributed by atoms with Crippen LogP contribution in [0.5, 0.6) is 5.75 Å². The maximum absolute atomic E-state index is 6.01. The quantitative estimate of drug-likeness (QED) is 0.313. The van der Waals surface area contributed by atoms with Gasteiger partial charge in [-0.05, 0) is 61.8 Å². The minimum atomic E-state index is 0.653. The number of aromatic nitrogens is 7. The summed E-state index contributed by atoms with van der Waals surface area (Å²) in [5, 5.41) is 9.79. The summed E-state index contributed by atoms with van der Waals surface area (Å²) in [5.74, 6) is 0.753. The number of hydrogen-bond acceptors (Lipinski definition) is 7. The van der Waals surface area contributed by atoms with Gasteiger partial charge in [-0.1, -0.05) is 0 Å². The lowest BCUT2D eigenvalue weighted by Crippen LogP contribution is -2.25. The molecular weight excluding hydrogens is 476 g/mol. The van der Waals surface area contributed by atoms with Crippen molar-refractivity contribution in [3.63, 3.8) is 0 Å². The molecule has 0 aliphatic carbocycles. The van der Waals surface area contributed by atoms with Crippen LogP contribution in [0.3, 0.4) is 0 Å². The molecule has 7 rings (SSSR count). The van der Waals surface area contributed by atoms with Crippen molar-refractivity contribution < 1.29 is 4.74 Å². The fourth-order valence-electron chi connectivity index (χ4n) is 5.16. The van der Waals surface area contributed by atoms with Crippen molar-refractivity contribution in [1.29, 1.82) is 0 Å². The minimum Gasteiger partial charge on any atom is -0.491 e. The number of aromatic amines is 2. The topological polar surface area (TPSA) is 108 Å². The first kappa shape index (κ1) is 22.6. The Morgan fingerprint density at radius 3 is 2.58 bits per heavy atom. The van der Waals surface area contributed by atoms with Crippen LogP contribution in [0.4, 0.5) is 0 Å². The minimum absolute atomic E-state index is 0.653. The Hall–Kier alpha value is -4.63. The number of pyridine rings is 4. The lowest BCUT2D eigenvalue weighted by atomic mass is 10.1. The third kappa shape index (κ3) is 4.26. The predicted octanol–water partition coefficient (Wildman–Crippen LogP) is 5.10. The molecule has 9 heteroatoms. The molecule has 0 bridgehead atoms. The van der Waals surface area contributed by atoms with Crippen LogP contribution in [-0.4, -0.2) is 66.3 Å². The molecule has 0 saturated carbocycles. The van der Waals surface area contributed by atoms with Crippen molar-refractivity contribution in [2.45, 2.75) is 12.8 Å². The molecule has 188 valence electrons. The van der Waals surface area contributed by atoms with Gasteiger partial charge in [0.15, 0.2) is 0 Å². The van der Waals surface area contributed by atoms with Crippen LogP contribution in [-0.2, 0) is 0 Å². The van der Waals surface area contributed by atoms with Crippen LogP contribution < -0.4 is 4.74 Å². The van der Waals surface area contributed by atoms with E-state index >= 15 is 0 Å². The first-order chi connectivity index (χ1) is 18.8. The van der Waals surface area contributed by atoms with Crippen LogP contribution in [0, 0.1) is 0 Å². The van der Waals surface area contributed by atoms with Gasteiger partial charge in [-0.15, -0.1) is 0 Å². The molecule has 7 heterocycles. The van der Waals surface area contributed by atoms with E-state index in [-0.39, 0.29) is 0 Å². The van der Waals surface area contributed by atoms with Gasteiger partial charge in [0, 0.05) is 53.2 Å². The molecule has 1 saturated heterocycles. The third-order valence-corrected chi connectivity index (χ3v) is 7.12. The maximum Gasteiger partial charge on any atom is 0.138 e. The molecule has 38 heavy (non-hydrogen) atoms. The van der Waals surface area contributed by atoms with Gasteiger partial charge >= 0.3 is 0 Å². The van der Waals surface area contributed by atoms with Gasteiger partial charge in [0.1, 0.15) is 18.1 Å². The Kier molecular flexibility index (Phi) is 5.75. The molecule has 1 aliphatic rings. The van der Waals surface area contributed by atoms with E-state index in [2.05, 4.69) is 46.1 Å².